The van der Waals surface area contributed by atoms with Gasteiger partial charge in [-0.25, -0.2) is 0 Å². The van der Waals surface area contributed by atoms with Crippen molar-refractivity contribution < 1.29 is 9.84 Å². The van der Waals surface area contributed by atoms with Gasteiger partial charge in [0.25, 0.3) is 0 Å². The Balaban J connectivity index is 2.04. The molecule has 1 heterocycles. The molecular formula is C16H30O2. The molecular weight excluding hydrogens is 224 g/mol. The number of ether oxygens (including phenoxy) is 1. The Morgan fingerprint density at radius 1 is 1.22 bits per heavy atom. The third-order valence-electron chi connectivity index (χ3n) is 5.31. The summed E-state index contributed by atoms with van der Waals surface area (Å²) < 4.78 is 6.14. The smallest absolute Gasteiger partial charge is 0.0686 e. The summed E-state index contributed by atoms with van der Waals surface area (Å²) >= 11 is 0. The van der Waals surface area contributed by atoms with Crippen molar-refractivity contribution >= 4 is 0 Å². The van der Waals surface area contributed by atoms with Crippen molar-refractivity contribution in [3.8, 4) is 0 Å². The van der Waals surface area contributed by atoms with Gasteiger partial charge in [0.2, 0.25) is 0 Å². The van der Waals surface area contributed by atoms with E-state index in [1.165, 1.54) is 32.1 Å². The molecule has 1 aliphatic heterocycles. The average Bonchev–Trinajstić information content (AvgIpc) is 2.40. The molecule has 2 atom stereocenters. The molecule has 2 fully saturated rings. The summed E-state index contributed by atoms with van der Waals surface area (Å²) in [7, 11) is 0. The molecule has 0 radical (unpaired) electrons. The van der Waals surface area contributed by atoms with Crippen molar-refractivity contribution in [2.24, 2.45) is 5.92 Å². The maximum Gasteiger partial charge on any atom is 0.0686 e. The van der Waals surface area contributed by atoms with Gasteiger partial charge in [-0.05, 0) is 44.4 Å². The summed E-state index contributed by atoms with van der Waals surface area (Å²) in [5, 5.41) is 10.9. The lowest BCUT2D eigenvalue weighted by atomic mass is 9.69. The summed E-state index contributed by atoms with van der Waals surface area (Å²) in [6.07, 6.45) is 11.5. The van der Waals surface area contributed by atoms with E-state index in [0.717, 1.165) is 38.7 Å². The van der Waals surface area contributed by atoms with E-state index in [9.17, 15) is 5.11 Å². The Morgan fingerprint density at radius 2 is 1.94 bits per heavy atom. The lowest BCUT2D eigenvalue weighted by Crippen LogP contribution is -2.49. The molecule has 18 heavy (non-hydrogen) atoms. The quantitative estimate of drug-likeness (QED) is 0.820. The van der Waals surface area contributed by atoms with Crippen LogP contribution in [-0.2, 0) is 4.74 Å². The van der Waals surface area contributed by atoms with E-state index in [1.807, 2.05) is 0 Å². The molecule has 1 saturated heterocycles. The van der Waals surface area contributed by atoms with E-state index in [1.54, 1.807) is 0 Å². The molecule has 2 nitrogen and oxygen atoms in total. The van der Waals surface area contributed by atoms with Gasteiger partial charge in [0.15, 0.2) is 0 Å². The van der Waals surface area contributed by atoms with Gasteiger partial charge in [0.1, 0.15) is 0 Å². The fraction of sp³-hybridized carbons (Fsp3) is 1.00. The molecule has 0 aromatic heterocycles. The first kappa shape index (κ1) is 14.3. The summed E-state index contributed by atoms with van der Waals surface area (Å²) in [6.45, 7) is 5.17. The molecule has 2 aliphatic rings. The first-order valence-corrected chi connectivity index (χ1v) is 8.00. The highest BCUT2D eigenvalue weighted by Gasteiger charge is 2.45. The predicted molar refractivity (Wildman–Crippen MR) is 74.6 cm³/mol. The molecule has 2 rings (SSSR count). The number of hydrogen-bond donors (Lipinski definition) is 1. The molecule has 0 aromatic rings. The summed E-state index contributed by atoms with van der Waals surface area (Å²) in [4.78, 5) is 0. The molecule has 1 spiro atoms. The molecule has 2 unspecified atom stereocenters. The van der Waals surface area contributed by atoms with Gasteiger partial charge in [-0.1, -0.05) is 39.5 Å². The summed E-state index contributed by atoms with van der Waals surface area (Å²) in [5.74, 6) is 0.453. The van der Waals surface area contributed by atoms with E-state index < -0.39 is 5.60 Å². The van der Waals surface area contributed by atoms with Gasteiger partial charge in [-0.3, -0.25) is 0 Å². The van der Waals surface area contributed by atoms with Crippen LogP contribution in [0.5, 0.6) is 0 Å². The van der Waals surface area contributed by atoms with Crippen molar-refractivity contribution in [3.05, 3.63) is 0 Å². The summed E-state index contributed by atoms with van der Waals surface area (Å²) in [5.41, 5.74) is -0.318. The van der Waals surface area contributed by atoms with Crippen molar-refractivity contribution in [2.45, 2.75) is 89.3 Å². The predicted octanol–water partition coefficient (Wildman–Crippen LogP) is 4.06. The highest BCUT2D eigenvalue weighted by Crippen LogP contribution is 2.45. The summed E-state index contributed by atoms with van der Waals surface area (Å²) in [6, 6.07) is 0. The molecule has 2 heteroatoms. The molecule has 1 saturated carbocycles. The van der Waals surface area contributed by atoms with Crippen LogP contribution in [0.25, 0.3) is 0 Å². The van der Waals surface area contributed by atoms with Crippen molar-refractivity contribution in [1.82, 2.24) is 0 Å². The highest BCUT2D eigenvalue weighted by molar-refractivity contribution is 4.96. The Hall–Kier alpha value is -0.0800. The fourth-order valence-corrected chi connectivity index (χ4v) is 4.13. The zero-order valence-electron chi connectivity index (χ0n) is 12.2. The Bertz CT molecular complexity index is 252. The zero-order chi connectivity index (χ0) is 13.1. The van der Waals surface area contributed by atoms with Gasteiger partial charge >= 0.3 is 0 Å². The molecule has 106 valence electrons. The van der Waals surface area contributed by atoms with E-state index in [2.05, 4.69) is 13.8 Å². The highest BCUT2D eigenvalue weighted by atomic mass is 16.5. The van der Waals surface area contributed by atoms with Crippen LogP contribution in [0.15, 0.2) is 0 Å². The second kappa shape index (κ2) is 5.92. The van der Waals surface area contributed by atoms with Crippen LogP contribution >= 0.6 is 0 Å². The normalized spacial score (nSPS) is 31.2. The van der Waals surface area contributed by atoms with Gasteiger partial charge in [-0.2, -0.15) is 0 Å². The molecule has 1 aliphatic carbocycles. The first-order chi connectivity index (χ1) is 8.64. The molecule has 0 aromatic carbocycles. The van der Waals surface area contributed by atoms with Crippen LogP contribution in [0.1, 0.15) is 78.1 Å². The van der Waals surface area contributed by atoms with Crippen molar-refractivity contribution in [3.63, 3.8) is 0 Å². The van der Waals surface area contributed by atoms with Crippen LogP contribution in [0.4, 0.5) is 0 Å². The second-order valence-electron chi connectivity index (χ2n) is 6.49. The number of hydrogen-bond acceptors (Lipinski definition) is 2. The second-order valence-corrected chi connectivity index (χ2v) is 6.49. The molecule has 1 N–H and O–H groups in total. The minimum atomic E-state index is -0.441. The Labute approximate surface area is 112 Å². The van der Waals surface area contributed by atoms with Crippen LogP contribution < -0.4 is 0 Å². The lowest BCUT2D eigenvalue weighted by molar-refractivity contribution is -0.158. The molecule has 0 amide bonds. The van der Waals surface area contributed by atoms with Gasteiger partial charge in [0.05, 0.1) is 11.2 Å². The SMILES string of the molecule is CCCC(O)(CC)C1CCOC2(CCCCC2)C1. The third-order valence-corrected chi connectivity index (χ3v) is 5.31. The van der Waals surface area contributed by atoms with Crippen LogP contribution in [-0.4, -0.2) is 22.9 Å². The fourth-order valence-electron chi connectivity index (χ4n) is 4.13. The standard InChI is InChI=1S/C16H30O2/c1-3-9-16(17,4-2)14-8-12-18-15(13-14)10-6-5-7-11-15/h14,17H,3-13H2,1-2H3. The van der Waals surface area contributed by atoms with Crippen LogP contribution in [0.2, 0.25) is 0 Å². The van der Waals surface area contributed by atoms with E-state index in [0.29, 0.717) is 5.92 Å². The topological polar surface area (TPSA) is 29.5 Å². The van der Waals surface area contributed by atoms with E-state index >= 15 is 0 Å². The minimum Gasteiger partial charge on any atom is -0.390 e. The van der Waals surface area contributed by atoms with Crippen LogP contribution in [0, 0.1) is 5.92 Å². The maximum absolute atomic E-state index is 10.9. The lowest BCUT2D eigenvalue weighted by Gasteiger charge is -2.48. The van der Waals surface area contributed by atoms with E-state index in [4.69, 9.17) is 4.74 Å². The minimum absolute atomic E-state index is 0.123. The first-order valence-electron chi connectivity index (χ1n) is 8.00. The van der Waals surface area contributed by atoms with Gasteiger partial charge < -0.3 is 9.84 Å². The largest absolute Gasteiger partial charge is 0.390 e. The third kappa shape index (κ3) is 2.91. The monoisotopic (exact) mass is 254 g/mol. The number of rotatable bonds is 4. The maximum atomic E-state index is 10.9. The average molecular weight is 254 g/mol. The zero-order valence-corrected chi connectivity index (χ0v) is 12.2. The number of aliphatic hydroxyl groups is 1. The molecule has 0 bridgehead atoms. The van der Waals surface area contributed by atoms with Crippen LogP contribution in [0.3, 0.4) is 0 Å². The Morgan fingerprint density at radius 3 is 2.56 bits per heavy atom. The Kier molecular flexibility index (Phi) is 4.71. The van der Waals surface area contributed by atoms with E-state index in [-0.39, 0.29) is 5.60 Å². The van der Waals surface area contributed by atoms with Crippen molar-refractivity contribution in [1.29, 1.82) is 0 Å². The van der Waals surface area contributed by atoms with Crippen molar-refractivity contribution in [2.75, 3.05) is 6.61 Å². The van der Waals surface area contributed by atoms with Gasteiger partial charge in [-0.15, -0.1) is 0 Å². The van der Waals surface area contributed by atoms with Gasteiger partial charge in [0, 0.05) is 6.61 Å².